The summed E-state index contributed by atoms with van der Waals surface area (Å²) in [5.41, 5.74) is -0.374. The maximum absolute atomic E-state index is 13.6. The molecule has 0 radical (unpaired) electrons. The van der Waals surface area contributed by atoms with Gasteiger partial charge in [0.15, 0.2) is 0 Å². The first kappa shape index (κ1) is 13.5. The van der Waals surface area contributed by atoms with Gasteiger partial charge >= 0.3 is 0 Å². The minimum atomic E-state index is -0.729. The lowest BCUT2D eigenvalue weighted by atomic mass is 9.67. The molecule has 1 heterocycles. The Balaban J connectivity index is 1.81. The minimum Gasteiger partial charge on any atom is -0.323 e. The molecule has 2 atom stereocenters. The second-order valence-electron chi connectivity index (χ2n) is 5.81. The van der Waals surface area contributed by atoms with Crippen LogP contribution in [0.15, 0.2) is 18.2 Å². The Kier molecular flexibility index (Phi) is 3.46. The van der Waals surface area contributed by atoms with Crippen LogP contribution in [0.25, 0.3) is 0 Å². The average molecular weight is 280 g/mol. The first-order valence-electron chi connectivity index (χ1n) is 7.09. The summed E-state index contributed by atoms with van der Waals surface area (Å²) in [6.07, 6.45) is 4.04. The van der Waals surface area contributed by atoms with Gasteiger partial charge in [-0.05, 0) is 37.4 Å². The molecule has 0 bridgehead atoms. The van der Waals surface area contributed by atoms with Gasteiger partial charge in [-0.25, -0.2) is 8.78 Å². The van der Waals surface area contributed by atoms with E-state index in [0.29, 0.717) is 12.5 Å². The number of rotatable bonds is 2. The van der Waals surface area contributed by atoms with Crippen molar-refractivity contribution in [2.45, 2.75) is 25.7 Å². The van der Waals surface area contributed by atoms with E-state index >= 15 is 0 Å². The minimum absolute atomic E-state index is 0.0574. The number of hydrogen-bond donors (Lipinski definition) is 2. The van der Waals surface area contributed by atoms with Crippen molar-refractivity contribution in [1.82, 2.24) is 5.32 Å². The number of nitrogens with one attached hydrogen (secondary N) is 2. The van der Waals surface area contributed by atoms with E-state index < -0.39 is 17.0 Å². The van der Waals surface area contributed by atoms with Crippen LogP contribution in [-0.4, -0.2) is 19.0 Å². The Labute approximate surface area is 116 Å². The number of benzene rings is 1. The molecule has 1 aromatic carbocycles. The summed E-state index contributed by atoms with van der Waals surface area (Å²) in [5, 5.41) is 5.93. The summed E-state index contributed by atoms with van der Waals surface area (Å²) in [6, 6.07) is 3.22. The van der Waals surface area contributed by atoms with Crippen molar-refractivity contribution in [3.63, 3.8) is 0 Å². The lowest BCUT2D eigenvalue weighted by Gasteiger charge is -2.37. The standard InChI is InChI=1S/C15H18F2N2O/c16-11-4-5-13(12(17)7-11)19-14(20)15-6-2-1-3-10(15)8-18-9-15/h4-5,7,10,18H,1-3,6,8-9H2,(H,19,20)/t10-,15+/m0/s1. The van der Waals surface area contributed by atoms with Crippen LogP contribution in [0.4, 0.5) is 14.5 Å². The van der Waals surface area contributed by atoms with Gasteiger partial charge in [0.25, 0.3) is 0 Å². The Morgan fingerprint density at radius 1 is 1.35 bits per heavy atom. The Hall–Kier alpha value is -1.49. The van der Waals surface area contributed by atoms with Crippen molar-refractivity contribution < 1.29 is 13.6 Å². The van der Waals surface area contributed by atoms with Crippen LogP contribution in [0.2, 0.25) is 0 Å². The summed E-state index contributed by atoms with van der Waals surface area (Å²) in [7, 11) is 0. The average Bonchev–Trinajstić information content (AvgIpc) is 2.87. The van der Waals surface area contributed by atoms with Crippen LogP contribution in [0.5, 0.6) is 0 Å². The number of anilines is 1. The molecule has 0 unspecified atom stereocenters. The monoisotopic (exact) mass is 280 g/mol. The predicted molar refractivity (Wildman–Crippen MR) is 72.2 cm³/mol. The molecular weight excluding hydrogens is 262 g/mol. The van der Waals surface area contributed by atoms with Crippen LogP contribution in [0, 0.1) is 23.0 Å². The molecule has 2 aliphatic rings. The quantitative estimate of drug-likeness (QED) is 0.874. The van der Waals surface area contributed by atoms with Gasteiger partial charge in [0.1, 0.15) is 11.6 Å². The van der Waals surface area contributed by atoms with E-state index in [1.807, 2.05) is 0 Å². The maximum Gasteiger partial charge on any atom is 0.232 e. The fourth-order valence-electron chi connectivity index (χ4n) is 3.53. The largest absolute Gasteiger partial charge is 0.323 e. The van der Waals surface area contributed by atoms with Crippen LogP contribution < -0.4 is 10.6 Å². The van der Waals surface area contributed by atoms with Crippen LogP contribution in [0.1, 0.15) is 25.7 Å². The fraction of sp³-hybridized carbons (Fsp3) is 0.533. The zero-order chi connectivity index (χ0) is 14.2. The van der Waals surface area contributed by atoms with Gasteiger partial charge in [0.05, 0.1) is 11.1 Å². The number of carbonyl (C=O) groups excluding carboxylic acids is 1. The van der Waals surface area contributed by atoms with Gasteiger partial charge in [0.2, 0.25) is 5.91 Å². The highest BCUT2D eigenvalue weighted by Gasteiger charge is 2.49. The molecule has 5 heteroatoms. The van der Waals surface area contributed by atoms with Crippen molar-refractivity contribution in [2.24, 2.45) is 11.3 Å². The second-order valence-corrected chi connectivity index (χ2v) is 5.81. The van der Waals surface area contributed by atoms with E-state index in [0.717, 1.165) is 44.4 Å². The summed E-state index contributed by atoms with van der Waals surface area (Å²) >= 11 is 0. The molecule has 0 aromatic heterocycles. The molecule has 2 N–H and O–H groups in total. The maximum atomic E-state index is 13.6. The zero-order valence-electron chi connectivity index (χ0n) is 11.2. The third-order valence-corrected chi connectivity index (χ3v) is 4.67. The van der Waals surface area contributed by atoms with E-state index in [1.165, 1.54) is 6.07 Å². The van der Waals surface area contributed by atoms with Crippen molar-refractivity contribution >= 4 is 11.6 Å². The molecular formula is C15H18F2N2O. The molecule has 108 valence electrons. The second kappa shape index (κ2) is 5.13. The van der Waals surface area contributed by atoms with Crippen molar-refractivity contribution in [3.8, 4) is 0 Å². The zero-order valence-corrected chi connectivity index (χ0v) is 11.2. The van der Waals surface area contributed by atoms with Gasteiger partial charge in [-0.2, -0.15) is 0 Å². The van der Waals surface area contributed by atoms with E-state index in [1.54, 1.807) is 0 Å². The summed E-state index contributed by atoms with van der Waals surface area (Å²) in [6.45, 7) is 1.49. The smallest absolute Gasteiger partial charge is 0.232 e. The Bertz CT molecular complexity index is 535. The number of hydrogen-bond acceptors (Lipinski definition) is 2. The van der Waals surface area contributed by atoms with Crippen LogP contribution in [-0.2, 0) is 4.79 Å². The van der Waals surface area contributed by atoms with Crippen molar-refractivity contribution in [2.75, 3.05) is 18.4 Å². The van der Waals surface area contributed by atoms with E-state index in [-0.39, 0.29) is 11.6 Å². The lowest BCUT2D eigenvalue weighted by Crippen LogP contribution is -2.44. The topological polar surface area (TPSA) is 41.1 Å². The predicted octanol–water partition coefficient (Wildman–Crippen LogP) is 2.68. The van der Waals surface area contributed by atoms with Gasteiger partial charge in [0, 0.05) is 12.6 Å². The molecule has 1 aromatic rings. The molecule has 1 saturated heterocycles. The Morgan fingerprint density at radius 2 is 2.20 bits per heavy atom. The Morgan fingerprint density at radius 3 is 3.00 bits per heavy atom. The highest BCUT2D eigenvalue weighted by atomic mass is 19.1. The van der Waals surface area contributed by atoms with Gasteiger partial charge in [-0.3, -0.25) is 4.79 Å². The van der Waals surface area contributed by atoms with Gasteiger partial charge < -0.3 is 10.6 Å². The summed E-state index contributed by atoms with van der Waals surface area (Å²) in [5.74, 6) is -1.19. The molecule has 3 nitrogen and oxygen atoms in total. The highest BCUT2D eigenvalue weighted by Crippen LogP contribution is 2.44. The number of amides is 1. The first-order valence-corrected chi connectivity index (χ1v) is 7.09. The lowest BCUT2D eigenvalue weighted by molar-refractivity contribution is -0.128. The van der Waals surface area contributed by atoms with E-state index in [4.69, 9.17) is 0 Å². The molecule has 0 spiro atoms. The molecule has 1 aliphatic heterocycles. The van der Waals surface area contributed by atoms with Crippen LogP contribution >= 0.6 is 0 Å². The highest BCUT2D eigenvalue weighted by molar-refractivity contribution is 5.96. The number of fused-ring (bicyclic) bond motifs is 1. The van der Waals surface area contributed by atoms with E-state index in [9.17, 15) is 13.6 Å². The van der Waals surface area contributed by atoms with Crippen LogP contribution in [0.3, 0.4) is 0 Å². The van der Waals surface area contributed by atoms with Gasteiger partial charge in [-0.15, -0.1) is 0 Å². The van der Waals surface area contributed by atoms with E-state index in [2.05, 4.69) is 10.6 Å². The summed E-state index contributed by atoms with van der Waals surface area (Å²) < 4.78 is 26.5. The number of halogens is 2. The molecule has 1 amide bonds. The molecule has 1 aliphatic carbocycles. The van der Waals surface area contributed by atoms with Gasteiger partial charge in [-0.1, -0.05) is 12.8 Å². The SMILES string of the molecule is O=C(Nc1ccc(F)cc1F)[C@@]12CCCC[C@H]1CNC2. The third-order valence-electron chi connectivity index (χ3n) is 4.67. The fourth-order valence-corrected chi connectivity index (χ4v) is 3.53. The first-order chi connectivity index (χ1) is 9.62. The third kappa shape index (κ3) is 2.20. The van der Waals surface area contributed by atoms with Crippen molar-refractivity contribution in [3.05, 3.63) is 29.8 Å². The number of carbonyl (C=O) groups is 1. The normalized spacial score (nSPS) is 29.0. The van der Waals surface area contributed by atoms with Crippen molar-refractivity contribution in [1.29, 1.82) is 0 Å². The summed E-state index contributed by atoms with van der Waals surface area (Å²) in [4.78, 5) is 12.6. The molecule has 20 heavy (non-hydrogen) atoms. The molecule has 1 saturated carbocycles. The molecule has 2 fully saturated rings. The molecule has 3 rings (SSSR count).